The van der Waals surface area contributed by atoms with Gasteiger partial charge < -0.3 is 20.7 Å². The van der Waals surface area contributed by atoms with Crippen LogP contribution in [0.1, 0.15) is 33.6 Å². The zero-order valence-corrected chi connectivity index (χ0v) is 12.9. The monoisotopic (exact) mass is 281 g/mol. The molecule has 0 amide bonds. The molecule has 0 radical (unpaired) electrons. The van der Waals surface area contributed by atoms with Crippen LogP contribution in [0.5, 0.6) is 5.88 Å². The van der Waals surface area contributed by atoms with Gasteiger partial charge >= 0.3 is 0 Å². The van der Waals surface area contributed by atoms with Crippen LogP contribution in [0, 0.1) is 0 Å². The van der Waals surface area contributed by atoms with Crippen molar-refractivity contribution in [1.82, 2.24) is 14.9 Å². The number of ether oxygens (including phenoxy) is 1. The molecule has 20 heavy (non-hydrogen) atoms. The van der Waals surface area contributed by atoms with Crippen molar-refractivity contribution in [3.05, 3.63) is 6.33 Å². The Bertz CT molecular complexity index is 386. The lowest BCUT2D eigenvalue weighted by Gasteiger charge is -2.20. The van der Waals surface area contributed by atoms with Crippen molar-refractivity contribution in [2.75, 3.05) is 43.8 Å². The van der Waals surface area contributed by atoms with Gasteiger partial charge in [-0.3, -0.25) is 0 Å². The Morgan fingerprint density at radius 1 is 1.20 bits per heavy atom. The molecule has 1 aromatic rings. The van der Waals surface area contributed by atoms with E-state index in [1.807, 2.05) is 6.92 Å². The van der Waals surface area contributed by atoms with Crippen LogP contribution in [0.25, 0.3) is 0 Å². The van der Waals surface area contributed by atoms with Gasteiger partial charge in [-0.05, 0) is 25.9 Å². The summed E-state index contributed by atoms with van der Waals surface area (Å²) in [5.41, 5.74) is 6.49. The highest BCUT2D eigenvalue weighted by molar-refractivity contribution is 5.66. The predicted molar refractivity (Wildman–Crippen MR) is 83.1 cm³/mol. The van der Waals surface area contributed by atoms with Crippen molar-refractivity contribution in [3.63, 3.8) is 0 Å². The number of likely N-dealkylation sites (N-methyl/N-ethyl adjacent to an activating group) is 1. The van der Waals surface area contributed by atoms with Crippen molar-refractivity contribution in [1.29, 1.82) is 0 Å². The summed E-state index contributed by atoms with van der Waals surface area (Å²) in [6.45, 7) is 11.0. The van der Waals surface area contributed by atoms with Gasteiger partial charge in [0.2, 0.25) is 5.88 Å². The van der Waals surface area contributed by atoms with Gasteiger partial charge in [0, 0.05) is 13.1 Å². The third kappa shape index (κ3) is 5.21. The summed E-state index contributed by atoms with van der Waals surface area (Å²) in [4.78, 5) is 10.6. The highest BCUT2D eigenvalue weighted by Crippen LogP contribution is 2.24. The van der Waals surface area contributed by atoms with Gasteiger partial charge in [0.05, 0.1) is 6.61 Å². The van der Waals surface area contributed by atoms with Crippen molar-refractivity contribution in [3.8, 4) is 5.88 Å². The molecule has 0 saturated carbocycles. The Morgan fingerprint density at radius 2 is 2.00 bits per heavy atom. The summed E-state index contributed by atoms with van der Waals surface area (Å²) >= 11 is 0. The lowest BCUT2D eigenvalue weighted by Crippen LogP contribution is -2.30. The minimum atomic E-state index is 0.463. The first-order valence-electron chi connectivity index (χ1n) is 7.42. The van der Waals surface area contributed by atoms with Crippen molar-refractivity contribution >= 4 is 11.5 Å². The molecule has 1 heterocycles. The molecule has 0 bridgehead atoms. The summed E-state index contributed by atoms with van der Waals surface area (Å²) in [7, 11) is 0. The van der Waals surface area contributed by atoms with Crippen LogP contribution >= 0.6 is 0 Å². The van der Waals surface area contributed by atoms with Gasteiger partial charge in [0.25, 0.3) is 0 Å². The fourth-order valence-corrected chi connectivity index (χ4v) is 1.91. The summed E-state index contributed by atoms with van der Waals surface area (Å²) < 4.78 is 5.49. The molecule has 0 aliphatic carbocycles. The second-order valence-electron chi connectivity index (χ2n) is 4.65. The number of nitrogen functional groups attached to an aromatic ring is 1. The van der Waals surface area contributed by atoms with Gasteiger partial charge in [-0.1, -0.05) is 20.8 Å². The SMILES string of the molecule is CCCOc1ncnc(NCCN(CC)CCC)c1N. The van der Waals surface area contributed by atoms with Crippen LogP contribution < -0.4 is 15.8 Å². The first kappa shape index (κ1) is 16.5. The molecule has 114 valence electrons. The minimum Gasteiger partial charge on any atom is -0.476 e. The van der Waals surface area contributed by atoms with Crippen molar-refractivity contribution in [2.45, 2.75) is 33.6 Å². The number of rotatable bonds is 10. The predicted octanol–water partition coefficient (Wildman–Crippen LogP) is 1.99. The summed E-state index contributed by atoms with van der Waals surface area (Å²) in [6, 6.07) is 0. The summed E-state index contributed by atoms with van der Waals surface area (Å²) in [5, 5.41) is 3.26. The molecule has 0 fully saturated rings. The minimum absolute atomic E-state index is 0.463. The molecule has 6 nitrogen and oxygen atoms in total. The van der Waals surface area contributed by atoms with Gasteiger partial charge in [-0.15, -0.1) is 0 Å². The molecule has 0 spiro atoms. The number of nitrogens with one attached hydrogen (secondary N) is 1. The Balaban J connectivity index is 2.51. The highest BCUT2D eigenvalue weighted by Gasteiger charge is 2.09. The fraction of sp³-hybridized carbons (Fsp3) is 0.714. The molecular formula is C14H27N5O. The molecule has 0 unspecified atom stereocenters. The van der Waals surface area contributed by atoms with E-state index >= 15 is 0 Å². The van der Waals surface area contributed by atoms with Crippen LogP contribution in [0.2, 0.25) is 0 Å². The summed E-state index contributed by atoms with van der Waals surface area (Å²) in [5.74, 6) is 1.11. The van der Waals surface area contributed by atoms with Crippen molar-refractivity contribution < 1.29 is 4.74 Å². The number of anilines is 2. The van der Waals surface area contributed by atoms with E-state index < -0.39 is 0 Å². The van der Waals surface area contributed by atoms with Gasteiger partial charge in [-0.2, -0.15) is 4.98 Å². The fourth-order valence-electron chi connectivity index (χ4n) is 1.91. The van der Waals surface area contributed by atoms with E-state index in [4.69, 9.17) is 10.5 Å². The van der Waals surface area contributed by atoms with Crippen LogP contribution in [-0.2, 0) is 0 Å². The quantitative estimate of drug-likeness (QED) is 0.683. The van der Waals surface area contributed by atoms with E-state index in [1.54, 1.807) is 0 Å². The van der Waals surface area contributed by atoms with E-state index in [0.717, 1.165) is 32.6 Å². The Hall–Kier alpha value is -1.56. The maximum absolute atomic E-state index is 6.01. The Morgan fingerprint density at radius 3 is 2.65 bits per heavy atom. The average molecular weight is 281 g/mol. The second-order valence-corrected chi connectivity index (χ2v) is 4.65. The lowest BCUT2D eigenvalue weighted by atomic mass is 10.4. The third-order valence-corrected chi connectivity index (χ3v) is 3.00. The molecular weight excluding hydrogens is 254 g/mol. The molecule has 0 aliphatic heterocycles. The molecule has 0 atom stereocenters. The van der Waals surface area contributed by atoms with Crippen LogP contribution in [-0.4, -0.2) is 47.7 Å². The van der Waals surface area contributed by atoms with Crippen molar-refractivity contribution in [2.24, 2.45) is 0 Å². The topological polar surface area (TPSA) is 76.3 Å². The maximum Gasteiger partial charge on any atom is 0.242 e. The molecule has 0 saturated heterocycles. The van der Waals surface area contributed by atoms with Gasteiger partial charge in [0.15, 0.2) is 5.82 Å². The average Bonchev–Trinajstić information content (AvgIpc) is 2.46. The number of nitrogens with two attached hydrogens (primary N) is 1. The van der Waals surface area contributed by atoms with Crippen LogP contribution in [0.4, 0.5) is 11.5 Å². The number of nitrogens with zero attached hydrogens (tertiary/aromatic N) is 3. The molecule has 0 aliphatic rings. The molecule has 1 rings (SSSR count). The Kier molecular flexibility index (Phi) is 7.72. The number of aromatic nitrogens is 2. The van der Waals surface area contributed by atoms with E-state index in [2.05, 4.69) is 34.0 Å². The zero-order chi connectivity index (χ0) is 14.8. The first-order valence-corrected chi connectivity index (χ1v) is 7.42. The number of hydrogen-bond donors (Lipinski definition) is 2. The molecule has 6 heteroatoms. The summed E-state index contributed by atoms with van der Waals surface area (Å²) in [6.07, 6.45) is 3.57. The van der Waals surface area contributed by atoms with E-state index in [1.165, 1.54) is 12.7 Å². The zero-order valence-electron chi connectivity index (χ0n) is 12.9. The highest BCUT2D eigenvalue weighted by atomic mass is 16.5. The van der Waals surface area contributed by atoms with E-state index in [0.29, 0.717) is 24.0 Å². The maximum atomic E-state index is 6.01. The van der Waals surface area contributed by atoms with Crippen LogP contribution in [0.3, 0.4) is 0 Å². The van der Waals surface area contributed by atoms with E-state index in [9.17, 15) is 0 Å². The van der Waals surface area contributed by atoms with Gasteiger partial charge in [-0.25, -0.2) is 4.98 Å². The molecule has 1 aromatic heterocycles. The lowest BCUT2D eigenvalue weighted by molar-refractivity contribution is 0.299. The van der Waals surface area contributed by atoms with E-state index in [-0.39, 0.29) is 0 Å². The normalized spacial score (nSPS) is 10.8. The largest absolute Gasteiger partial charge is 0.476 e. The van der Waals surface area contributed by atoms with Crippen LogP contribution in [0.15, 0.2) is 6.33 Å². The first-order chi connectivity index (χ1) is 9.72. The number of hydrogen-bond acceptors (Lipinski definition) is 6. The Labute approximate surface area is 121 Å². The second kappa shape index (κ2) is 9.36. The standard InChI is InChI=1S/C14H27N5O/c1-4-8-19(6-3)9-7-16-13-12(15)14(18-11-17-13)20-10-5-2/h11H,4-10,15H2,1-3H3,(H,16,17,18). The van der Waals surface area contributed by atoms with Gasteiger partial charge in [0.1, 0.15) is 12.0 Å². The third-order valence-electron chi connectivity index (χ3n) is 3.00. The smallest absolute Gasteiger partial charge is 0.242 e. The molecule has 0 aromatic carbocycles. The molecule has 3 N–H and O–H groups in total.